The first-order valence-electron chi connectivity index (χ1n) is 8.90. The third kappa shape index (κ3) is 5.94. The number of carboxylic acid groups (broad SMARTS) is 1. The highest BCUT2D eigenvalue weighted by Gasteiger charge is 2.18. The Bertz CT molecular complexity index is 1080. The van der Waals surface area contributed by atoms with E-state index in [2.05, 4.69) is 9.97 Å². The van der Waals surface area contributed by atoms with Gasteiger partial charge in [0.15, 0.2) is 0 Å². The summed E-state index contributed by atoms with van der Waals surface area (Å²) in [5.41, 5.74) is 4.05. The predicted molar refractivity (Wildman–Crippen MR) is 109 cm³/mol. The van der Waals surface area contributed by atoms with Crippen LogP contribution in [0.2, 0.25) is 0 Å². The number of aromatic nitrogens is 2. The molecule has 1 heterocycles. The van der Waals surface area contributed by atoms with E-state index >= 15 is 0 Å². The molecule has 0 fully saturated rings. The van der Waals surface area contributed by atoms with Gasteiger partial charge in [-0.3, -0.25) is 4.79 Å². The Balaban J connectivity index is 1.77. The van der Waals surface area contributed by atoms with Gasteiger partial charge in [-0.05, 0) is 22.3 Å². The van der Waals surface area contributed by atoms with Gasteiger partial charge in [-0.1, -0.05) is 48.5 Å². The first-order chi connectivity index (χ1) is 13.8. The molecule has 0 spiro atoms. The van der Waals surface area contributed by atoms with Gasteiger partial charge < -0.3 is 5.11 Å². The molecule has 0 bridgehead atoms. The average Bonchev–Trinajstić information content (AvgIpc) is 2.68. The zero-order valence-electron chi connectivity index (χ0n) is 15.9. The van der Waals surface area contributed by atoms with Gasteiger partial charge in [0.1, 0.15) is 6.33 Å². The van der Waals surface area contributed by atoms with Gasteiger partial charge >= 0.3 is 5.97 Å². The smallest absolute Gasteiger partial charge is 0.307 e. The third-order valence-electron chi connectivity index (χ3n) is 4.38. The van der Waals surface area contributed by atoms with Gasteiger partial charge in [0.2, 0.25) is 10.0 Å². The molecule has 0 saturated heterocycles. The van der Waals surface area contributed by atoms with Crippen molar-refractivity contribution in [3.8, 4) is 11.1 Å². The van der Waals surface area contributed by atoms with Crippen LogP contribution >= 0.6 is 0 Å². The Morgan fingerprint density at radius 3 is 2.17 bits per heavy atom. The van der Waals surface area contributed by atoms with Crippen molar-refractivity contribution >= 4 is 16.0 Å². The fourth-order valence-corrected chi connectivity index (χ4v) is 3.73. The number of carbonyl (C=O) groups is 1. The third-order valence-corrected chi connectivity index (χ3v) is 5.58. The highest BCUT2D eigenvalue weighted by atomic mass is 32.2. The molecule has 0 aliphatic rings. The van der Waals surface area contributed by atoms with Crippen molar-refractivity contribution in [3.63, 3.8) is 0 Å². The van der Waals surface area contributed by atoms with Crippen LogP contribution in [-0.4, -0.2) is 40.0 Å². The summed E-state index contributed by atoms with van der Waals surface area (Å²) in [5, 5.41) is 8.95. The molecular formula is C21H21N3O4S. The second kappa shape index (κ2) is 8.93. The van der Waals surface area contributed by atoms with Crippen LogP contribution in [0, 0.1) is 0 Å². The molecule has 8 heteroatoms. The number of nitrogens with zero attached hydrogens (tertiary/aromatic N) is 3. The lowest BCUT2D eigenvalue weighted by molar-refractivity contribution is -0.136. The van der Waals surface area contributed by atoms with Crippen molar-refractivity contribution in [2.45, 2.75) is 19.5 Å². The summed E-state index contributed by atoms with van der Waals surface area (Å²) in [4.78, 5) is 18.9. The van der Waals surface area contributed by atoms with E-state index in [1.807, 2.05) is 24.3 Å². The summed E-state index contributed by atoms with van der Waals surface area (Å²) in [6.45, 7) is 0.383. The molecule has 3 rings (SSSR count). The quantitative estimate of drug-likeness (QED) is 0.612. The summed E-state index contributed by atoms with van der Waals surface area (Å²) in [5.74, 6) is -0.925. The van der Waals surface area contributed by atoms with Crippen LogP contribution in [0.15, 0.2) is 67.3 Å². The maximum atomic E-state index is 12.3. The van der Waals surface area contributed by atoms with Crippen molar-refractivity contribution in [1.29, 1.82) is 0 Å². The maximum absolute atomic E-state index is 12.3. The molecule has 0 atom stereocenters. The standard InChI is InChI=1S/C21H21N3O4S/c1-29(27,28)24(14-18-4-2-3-17(9-18)10-21(25)26)13-16-5-7-19(8-6-16)20-11-22-15-23-12-20/h2-9,11-12,15H,10,13-14H2,1H3,(H,25,26). The van der Waals surface area contributed by atoms with Crippen molar-refractivity contribution < 1.29 is 18.3 Å². The van der Waals surface area contributed by atoms with Gasteiger partial charge in [-0.15, -0.1) is 0 Å². The molecule has 0 radical (unpaired) electrons. The molecule has 2 aromatic carbocycles. The maximum Gasteiger partial charge on any atom is 0.307 e. The molecule has 150 valence electrons. The van der Waals surface area contributed by atoms with E-state index in [0.717, 1.165) is 22.3 Å². The van der Waals surface area contributed by atoms with Gasteiger partial charge in [0.05, 0.1) is 12.7 Å². The van der Waals surface area contributed by atoms with Gasteiger partial charge in [0.25, 0.3) is 0 Å². The highest BCUT2D eigenvalue weighted by molar-refractivity contribution is 7.88. The second-order valence-corrected chi connectivity index (χ2v) is 8.73. The van der Waals surface area contributed by atoms with Crippen LogP contribution in [0.5, 0.6) is 0 Å². The van der Waals surface area contributed by atoms with Gasteiger partial charge in [-0.25, -0.2) is 18.4 Å². The zero-order chi connectivity index (χ0) is 20.9. The minimum absolute atomic E-state index is 0.0998. The first kappa shape index (κ1) is 20.6. The first-order valence-corrected chi connectivity index (χ1v) is 10.7. The van der Waals surface area contributed by atoms with E-state index in [9.17, 15) is 13.2 Å². The summed E-state index contributed by atoms with van der Waals surface area (Å²) < 4.78 is 26.0. The van der Waals surface area contributed by atoms with Crippen LogP contribution in [-0.2, 0) is 34.3 Å². The van der Waals surface area contributed by atoms with E-state index in [1.165, 1.54) is 16.9 Å². The van der Waals surface area contributed by atoms with Crippen LogP contribution in [0.3, 0.4) is 0 Å². The van der Waals surface area contributed by atoms with E-state index in [-0.39, 0.29) is 19.5 Å². The SMILES string of the molecule is CS(=O)(=O)N(Cc1ccc(-c2cncnc2)cc1)Cc1cccc(CC(=O)O)c1. The van der Waals surface area contributed by atoms with Gasteiger partial charge in [0, 0.05) is 31.0 Å². The number of hydrogen-bond donors (Lipinski definition) is 1. The minimum Gasteiger partial charge on any atom is -0.481 e. The fourth-order valence-electron chi connectivity index (χ4n) is 2.96. The second-order valence-electron chi connectivity index (χ2n) is 6.75. The molecule has 0 saturated carbocycles. The van der Waals surface area contributed by atoms with E-state index < -0.39 is 16.0 Å². The Hall–Kier alpha value is -3.10. The number of rotatable bonds is 8. The molecule has 0 unspecified atom stereocenters. The Morgan fingerprint density at radius 1 is 0.931 bits per heavy atom. The number of hydrogen-bond acceptors (Lipinski definition) is 5. The number of sulfonamides is 1. The van der Waals surface area contributed by atoms with Crippen molar-refractivity contribution in [3.05, 3.63) is 83.9 Å². The topological polar surface area (TPSA) is 100 Å². The summed E-state index contributed by atoms with van der Waals surface area (Å²) in [7, 11) is -3.46. The summed E-state index contributed by atoms with van der Waals surface area (Å²) >= 11 is 0. The van der Waals surface area contributed by atoms with Gasteiger partial charge in [-0.2, -0.15) is 4.31 Å². The number of aliphatic carboxylic acids is 1. The lowest BCUT2D eigenvalue weighted by Gasteiger charge is -2.20. The molecular weight excluding hydrogens is 390 g/mol. The number of benzene rings is 2. The normalized spacial score (nSPS) is 11.5. The Labute approximate surface area is 169 Å². The molecule has 7 nitrogen and oxygen atoms in total. The highest BCUT2D eigenvalue weighted by Crippen LogP contribution is 2.20. The molecule has 0 amide bonds. The lowest BCUT2D eigenvalue weighted by Crippen LogP contribution is -2.29. The Morgan fingerprint density at radius 2 is 1.55 bits per heavy atom. The Kier molecular flexibility index (Phi) is 6.36. The molecule has 29 heavy (non-hydrogen) atoms. The predicted octanol–water partition coefficient (Wildman–Crippen LogP) is 2.73. The van der Waals surface area contributed by atoms with Crippen LogP contribution in [0.25, 0.3) is 11.1 Å². The zero-order valence-corrected chi connectivity index (χ0v) is 16.7. The summed E-state index contributed by atoms with van der Waals surface area (Å²) in [6, 6.07) is 14.5. The lowest BCUT2D eigenvalue weighted by atomic mass is 10.1. The van der Waals surface area contributed by atoms with Crippen molar-refractivity contribution in [2.75, 3.05) is 6.26 Å². The molecule has 3 aromatic rings. The molecule has 1 N–H and O–H groups in total. The van der Waals surface area contributed by atoms with Crippen molar-refractivity contribution in [1.82, 2.24) is 14.3 Å². The van der Waals surface area contributed by atoms with Crippen LogP contribution in [0.1, 0.15) is 16.7 Å². The summed E-state index contributed by atoms with van der Waals surface area (Å²) in [6.07, 6.45) is 5.97. The molecule has 0 aliphatic carbocycles. The average molecular weight is 411 g/mol. The fraction of sp³-hybridized carbons (Fsp3) is 0.190. The van der Waals surface area contributed by atoms with Crippen LogP contribution in [0.4, 0.5) is 0 Å². The minimum atomic E-state index is -3.46. The van der Waals surface area contributed by atoms with Crippen molar-refractivity contribution in [2.24, 2.45) is 0 Å². The molecule has 0 aliphatic heterocycles. The van der Waals surface area contributed by atoms with E-state index in [4.69, 9.17) is 5.11 Å². The molecule has 1 aromatic heterocycles. The van der Waals surface area contributed by atoms with E-state index in [0.29, 0.717) is 5.56 Å². The largest absolute Gasteiger partial charge is 0.481 e. The van der Waals surface area contributed by atoms with Crippen LogP contribution < -0.4 is 0 Å². The van der Waals surface area contributed by atoms with E-state index in [1.54, 1.807) is 36.7 Å². The number of carboxylic acids is 1. The monoisotopic (exact) mass is 411 g/mol.